The first kappa shape index (κ1) is 27.0. The third-order valence-corrected chi connectivity index (χ3v) is 9.58. The highest BCUT2D eigenvalue weighted by molar-refractivity contribution is 7.19. The van der Waals surface area contributed by atoms with E-state index in [1.54, 1.807) is 23.0 Å². The number of aromatic nitrogens is 3. The molecule has 1 saturated heterocycles. The zero-order chi connectivity index (χ0) is 28.6. The number of hydrogen-bond donors (Lipinski definition) is 0. The van der Waals surface area contributed by atoms with Crippen molar-refractivity contribution >= 4 is 49.6 Å². The van der Waals surface area contributed by atoms with Crippen LogP contribution in [0.4, 0.5) is 4.39 Å². The zero-order valence-electron chi connectivity index (χ0n) is 22.8. The number of fused-ring (bicyclic) bond motifs is 2. The van der Waals surface area contributed by atoms with E-state index < -0.39 is 0 Å². The van der Waals surface area contributed by atoms with E-state index in [1.165, 1.54) is 16.9 Å². The standard InChI is InChI=1S/C34H28ClFN4OS/c35-26-3-1-2-24(4-8-26)32-19-31-33(42-32)34(41)40(21-37-31)29-12-13-30-25(18-29)7-11-28(38-30)20-39-16-14-23(15-17-39)22-5-9-27(36)10-6-22/h1,3-13,18-19,21,23H,2,14-17,20H2. The smallest absolute Gasteiger partial charge is 0.275 e. The molecular weight excluding hydrogens is 567 g/mol. The average Bonchev–Trinajstić information content (AvgIpc) is 3.33. The molecule has 1 aliphatic heterocycles. The molecule has 3 aromatic heterocycles. The molecule has 1 aliphatic carbocycles. The Morgan fingerprint density at radius 2 is 1.81 bits per heavy atom. The minimum atomic E-state index is -0.183. The summed E-state index contributed by atoms with van der Waals surface area (Å²) < 4.78 is 15.5. The summed E-state index contributed by atoms with van der Waals surface area (Å²) >= 11 is 7.61. The predicted molar refractivity (Wildman–Crippen MR) is 170 cm³/mol. The van der Waals surface area contributed by atoms with Crippen LogP contribution in [0.3, 0.4) is 0 Å². The van der Waals surface area contributed by atoms with Crippen molar-refractivity contribution in [3.05, 3.63) is 129 Å². The number of pyridine rings is 1. The largest absolute Gasteiger partial charge is 0.297 e. The maximum Gasteiger partial charge on any atom is 0.275 e. The van der Waals surface area contributed by atoms with Gasteiger partial charge in [0.1, 0.15) is 16.8 Å². The van der Waals surface area contributed by atoms with E-state index in [-0.39, 0.29) is 11.4 Å². The molecule has 0 saturated carbocycles. The Labute approximate surface area is 251 Å². The van der Waals surface area contributed by atoms with E-state index in [0.29, 0.717) is 21.2 Å². The molecule has 0 radical (unpaired) electrons. The number of benzene rings is 2. The van der Waals surface area contributed by atoms with Crippen molar-refractivity contribution in [2.75, 3.05) is 13.1 Å². The van der Waals surface area contributed by atoms with Gasteiger partial charge in [-0.3, -0.25) is 19.2 Å². The van der Waals surface area contributed by atoms with Crippen molar-refractivity contribution in [3.8, 4) is 5.69 Å². The van der Waals surface area contributed by atoms with Gasteiger partial charge in [-0.25, -0.2) is 9.37 Å². The van der Waals surface area contributed by atoms with Crippen LogP contribution in [0.5, 0.6) is 0 Å². The first-order valence-corrected chi connectivity index (χ1v) is 15.3. The van der Waals surface area contributed by atoms with Crippen molar-refractivity contribution in [1.82, 2.24) is 19.4 Å². The summed E-state index contributed by atoms with van der Waals surface area (Å²) in [4.78, 5) is 26.5. The van der Waals surface area contributed by atoms with Crippen molar-refractivity contribution in [1.29, 1.82) is 0 Å². The van der Waals surface area contributed by atoms with E-state index in [9.17, 15) is 9.18 Å². The molecule has 0 atom stereocenters. The molecule has 0 N–H and O–H groups in total. The molecule has 7 rings (SSSR count). The van der Waals surface area contributed by atoms with Crippen LogP contribution in [0.25, 0.3) is 32.4 Å². The number of halogens is 2. The molecule has 0 unspecified atom stereocenters. The summed E-state index contributed by atoms with van der Waals surface area (Å²) in [6.07, 6.45) is 12.3. The molecule has 210 valence electrons. The van der Waals surface area contributed by atoms with Gasteiger partial charge in [-0.05, 0) is 104 Å². The molecule has 0 spiro atoms. The summed E-state index contributed by atoms with van der Waals surface area (Å²) in [6.45, 7) is 2.77. The van der Waals surface area contributed by atoms with E-state index in [0.717, 1.165) is 71.6 Å². The zero-order valence-corrected chi connectivity index (χ0v) is 24.4. The van der Waals surface area contributed by atoms with E-state index >= 15 is 0 Å². The van der Waals surface area contributed by atoms with Crippen LogP contribution < -0.4 is 5.56 Å². The van der Waals surface area contributed by atoms with Crippen molar-refractivity contribution < 1.29 is 4.39 Å². The highest BCUT2D eigenvalue weighted by Crippen LogP contribution is 2.32. The van der Waals surface area contributed by atoms with Gasteiger partial charge in [-0.1, -0.05) is 42.0 Å². The van der Waals surface area contributed by atoms with Gasteiger partial charge in [0.05, 0.1) is 22.4 Å². The molecule has 5 nitrogen and oxygen atoms in total. The second-order valence-corrected chi connectivity index (χ2v) is 12.4. The van der Waals surface area contributed by atoms with E-state index in [1.807, 2.05) is 60.7 Å². The number of hydrogen-bond acceptors (Lipinski definition) is 5. The van der Waals surface area contributed by atoms with Crippen molar-refractivity contribution in [2.45, 2.75) is 31.7 Å². The normalized spacial score (nSPS) is 16.5. The Morgan fingerprint density at radius 3 is 2.64 bits per heavy atom. The van der Waals surface area contributed by atoms with Crippen molar-refractivity contribution in [2.24, 2.45) is 0 Å². The summed E-state index contributed by atoms with van der Waals surface area (Å²) in [5.74, 6) is 0.294. The number of likely N-dealkylation sites (tertiary alicyclic amines) is 1. The average molecular weight is 595 g/mol. The molecular formula is C34H28ClFN4OS. The van der Waals surface area contributed by atoms with E-state index in [2.05, 4.69) is 22.0 Å². The Morgan fingerprint density at radius 1 is 0.976 bits per heavy atom. The quantitative estimate of drug-likeness (QED) is 0.207. The Kier molecular flexibility index (Phi) is 7.32. The minimum Gasteiger partial charge on any atom is -0.297 e. The lowest BCUT2D eigenvalue weighted by Crippen LogP contribution is -2.32. The fraction of sp³-hybridized carbons (Fsp3) is 0.206. The minimum absolute atomic E-state index is 0.0810. The predicted octanol–water partition coefficient (Wildman–Crippen LogP) is 7.98. The van der Waals surface area contributed by atoms with Gasteiger partial charge < -0.3 is 0 Å². The third-order valence-electron chi connectivity index (χ3n) is 8.14. The monoisotopic (exact) mass is 594 g/mol. The molecule has 4 heterocycles. The Bertz CT molecular complexity index is 1950. The van der Waals surface area contributed by atoms with Gasteiger partial charge in [-0.15, -0.1) is 11.3 Å². The van der Waals surface area contributed by atoms with Crippen LogP contribution >= 0.6 is 22.9 Å². The lowest BCUT2D eigenvalue weighted by atomic mass is 9.89. The number of rotatable bonds is 5. The summed E-state index contributed by atoms with van der Waals surface area (Å²) in [7, 11) is 0. The Hall–Kier alpha value is -3.91. The fourth-order valence-corrected chi connectivity index (χ4v) is 7.05. The van der Waals surface area contributed by atoms with Crippen LogP contribution in [0.1, 0.15) is 41.3 Å². The molecule has 2 aromatic carbocycles. The van der Waals surface area contributed by atoms with Crippen LogP contribution in [-0.2, 0) is 6.54 Å². The van der Waals surface area contributed by atoms with Crippen LogP contribution in [0.15, 0.2) is 101 Å². The summed E-state index contributed by atoms with van der Waals surface area (Å²) in [6, 6.07) is 19.0. The highest BCUT2D eigenvalue weighted by atomic mass is 35.5. The van der Waals surface area contributed by atoms with Gasteiger partial charge in [-0.2, -0.15) is 0 Å². The number of allylic oxidation sites excluding steroid dienone is 6. The summed E-state index contributed by atoms with van der Waals surface area (Å²) in [5.41, 5.74) is 5.65. The topological polar surface area (TPSA) is 51.0 Å². The molecule has 2 aliphatic rings. The molecule has 0 bridgehead atoms. The lowest BCUT2D eigenvalue weighted by molar-refractivity contribution is 0.202. The van der Waals surface area contributed by atoms with E-state index in [4.69, 9.17) is 16.6 Å². The van der Waals surface area contributed by atoms with Crippen molar-refractivity contribution in [3.63, 3.8) is 0 Å². The molecule has 8 heteroatoms. The molecule has 0 amide bonds. The van der Waals surface area contributed by atoms with Gasteiger partial charge in [0.15, 0.2) is 0 Å². The highest BCUT2D eigenvalue weighted by Gasteiger charge is 2.21. The van der Waals surface area contributed by atoms with Gasteiger partial charge in [0.2, 0.25) is 0 Å². The number of nitrogens with zero attached hydrogens (tertiary/aromatic N) is 4. The van der Waals surface area contributed by atoms with Crippen LogP contribution in [0.2, 0.25) is 0 Å². The van der Waals surface area contributed by atoms with Gasteiger partial charge >= 0.3 is 0 Å². The first-order valence-electron chi connectivity index (χ1n) is 14.1. The first-order chi connectivity index (χ1) is 20.5. The number of thiophene rings is 1. The van der Waals surface area contributed by atoms with Gasteiger partial charge in [0.25, 0.3) is 5.56 Å². The molecule has 42 heavy (non-hydrogen) atoms. The fourth-order valence-electron chi connectivity index (χ4n) is 5.82. The maximum absolute atomic E-state index is 13.5. The molecule has 1 fully saturated rings. The second kappa shape index (κ2) is 11.4. The second-order valence-electron chi connectivity index (χ2n) is 10.9. The SMILES string of the molecule is O=c1c2sc(C3=CC=C(Cl)C=CC3)cc2ncn1-c1ccc2nc(CN3CCC(c4ccc(F)cc4)CC3)ccc2c1. The lowest BCUT2D eigenvalue weighted by Gasteiger charge is -2.32. The number of piperidine rings is 1. The van der Waals surface area contributed by atoms with Crippen LogP contribution in [-0.4, -0.2) is 32.5 Å². The Balaban J connectivity index is 1.08. The van der Waals surface area contributed by atoms with Gasteiger partial charge in [0, 0.05) is 21.8 Å². The molecule has 5 aromatic rings. The third kappa shape index (κ3) is 5.48. The maximum atomic E-state index is 13.5. The summed E-state index contributed by atoms with van der Waals surface area (Å²) in [5, 5.41) is 1.66. The van der Waals surface area contributed by atoms with Crippen LogP contribution in [0, 0.1) is 5.82 Å².